The summed E-state index contributed by atoms with van der Waals surface area (Å²) in [4.78, 5) is 37.1. The van der Waals surface area contributed by atoms with Gasteiger partial charge in [-0.2, -0.15) is 0 Å². The number of aliphatic carboxylic acids is 1. The van der Waals surface area contributed by atoms with Gasteiger partial charge in [-0.3, -0.25) is 9.59 Å². The lowest BCUT2D eigenvalue weighted by atomic mass is 9.85. The number of hydrogen-bond acceptors (Lipinski definition) is 6. The molecule has 1 N–H and O–H groups in total. The molecular weight excluding hydrogens is 486 g/mol. The summed E-state index contributed by atoms with van der Waals surface area (Å²) in [6.45, 7) is 1.96. The second-order valence-corrected chi connectivity index (χ2v) is 10.7. The average molecular weight is 523 g/mol. The van der Waals surface area contributed by atoms with E-state index in [1.807, 2.05) is 36.4 Å². The lowest BCUT2D eigenvalue weighted by Gasteiger charge is -2.47. The molecule has 0 aromatic heterocycles. The van der Waals surface area contributed by atoms with Gasteiger partial charge in [-0.25, -0.2) is 4.79 Å². The van der Waals surface area contributed by atoms with E-state index in [0.29, 0.717) is 23.2 Å². The Morgan fingerprint density at radius 1 is 0.842 bits per heavy atom. The third-order valence-corrected chi connectivity index (χ3v) is 8.72. The number of rotatable bonds is 10. The van der Waals surface area contributed by atoms with Crippen molar-refractivity contribution in [3.63, 3.8) is 0 Å². The van der Waals surface area contributed by atoms with Gasteiger partial charge in [-0.1, -0.05) is 60.7 Å². The van der Waals surface area contributed by atoms with Crippen LogP contribution in [0.25, 0.3) is 0 Å². The van der Waals surface area contributed by atoms with Crippen LogP contribution in [0.2, 0.25) is 0 Å². The van der Waals surface area contributed by atoms with Crippen LogP contribution in [-0.4, -0.2) is 65.6 Å². The minimum atomic E-state index is -1.65. The fraction of sp³-hybridized carbons (Fsp3) is 0.500. The maximum atomic E-state index is 14.2. The van der Waals surface area contributed by atoms with Crippen molar-refractivity contribution in [1.82, 2.24) is 0 Å². The molecule has 3 fully saturated rings. The highest BCUT2D eigenvalue weighted by Gasteiger charge is 2.57. The van der Waals surface area contributed by atoms with Crippen LogP contribution in [-0.2, 0) is 34.2 Å². The van der Waals surface area contributed by atoms with Crippen LogP contribution < -0.4 is 0 Å². The van der Waals surface area contributed by atoms with E-state index in [0.717, 1.165) is 12.8 Å². The molecule has 0 amide bonds. The predicted octanol–water partition coefficient (Wildman–Crippen LogP) is 4.16. The molecule has 202 valence electrons. The zero-order chi connectivity index (χ0) is 26.6. The molecule has 5 rings (SSSR count). The summed E-state index contributed by atoms with van der Waals surface area (Å²) in [6, 6.07) is 19.3. The van der Waals surface area contributed by atoms with Crippen LogP contribution in [0.1, 0.15) is 62.5 Å². The van der Waals surface area contributed by atoms with E-state index < -0.39 is 30.3 Å². The molecule has 3 aliphatic heterocycles. The number of ether oxygens (including phenoxy) is 3. The molecule has 38 heavy (non-hydrogen) atoms. The van der Waals surface area contributed by atoms with Crippen molar-refractivity contribution in [2.45, 2.75) is 75.2 Å². The molecule has 2 bridgehead atoms. The molecule has 2 atom stereocenters. The Morgan fingerprint density at radius 2 is 1.39 bits per heavy atom. The van der Waals surface area contributed by atoms with E-state index in [1.54, 1.807) is 24.3 Å². The first-order valence-electron chi connectivity index (χ1n) is 13.6. The quantitative estimate of drug-likeness (QED) is 0.284. The first-order chi connectivity index (χ1) is 18.4. The monoisotopic (exact) mass is 522 g/mol. The van der Waals surface area contributed by atoms with Gasteiger partial charge in [0.25, 0.3) is 0 Å². The number of piperidine rings is 1. The lowest BCUT2D eigenvalue weighted by molar-refractivity contribution is -0.956. The van der Waals surface area contributed by atoms with Crippen molar-refractivity contribution in [1.29, 1.82) is 0 Å². The zero-order valence-electron chi connectivity index (χ0n) is 21.6. The van der Waals surface area contributed by atoms with Gasteiger partial charge in [-0.15, -0.1) is 0 Å². The number of benzene rings is 2. The first kappa shape index (κ1) is 26.4. The van der Waals surface area contributed by atoms with Crippen molar-refractivity contribution in [3.05, 3.63) is 71.8 Å². The fourth-order valence-corrected chi connectivity index (χ4v) is 6.98. The average Bonchev–Trinajstić information content (AvgIpc) is 3.47. The molecule has 8 heteroatoms. The smallest absolute Gasteiger partial charge is 0.348 e. The minimum Gasteiger partial charge on any atom is -0.481 e. The van der Waals surface area contributed by atoms with Crippen LogP contribution in [0.3, 0.4) is 0 Å². The number of carboxylic acid groups (broad SMARTS) is 1. The second-order valence-electron chi connectivity index (χ2n) is 10.7. The summed E-state index contributed by atoms with van der Waals surface area (Å²) < 4.78 is 18.9. The molecule has 0 saturated carbocycles. The number of nitrogens with zero attached hydrogens (tertiary/aromatic N) is 1. The highest BCUT2D eigenvalue weighted by atomic mass is 16.7. The summed E-state index contributed by atoms with van der Waals surface area (Å²) in [5, 5.41) is 8.85. The number of carboxylic acids is 1. The molecule has 0 radical (unpaired) electrons. The van der Waals surface area contributed by atoms with Gasteiger partial charge in [0.15, 0.2) is 6.79 Å². The number of hydrogen-bond donors (Lipinski definition) is 1. The van der Waals surface area contributed by atoms with E-state index >= 15 is 0 Å². The molecule has 3 aliphatic rings. The Hall–Kier alpha value is -3.23. The predicted molar refractivity (Wildman–Crippen MR) is 138 cm³/mol. The standard InChI is InChI=1S/C30H35NO7/c32-27(33)15-16-28(34)36-21-37-30(22-9-3-1-4-10-22,23-11-5-2-6-12-23)29(35)38-26-19-24-13-14-25(20-26)31(24)17-7-8-18-31/h1-6,9-12,24-26H,7-8,13-21H2/p+1. The van der Waals surface area contributed by atoms with Gasteiger partial charge in [0.1, 0.15) is 6.10 Å². The van der Waals surface area contributed by atoms with Gasteiger partial charge in [0, 0.05) is 38.5 Å². The Kier molecular flexibility index (Phi) is 7.81. The van der Waals surface area contributed by atoms with Crippen molar-refractivity contribution in [2.24, 2.45) is 0 Å². The molecule has 3 heterocycles. The van der Waals surface area contributed by atoms with Gasteiger partial charge < -0.3 is 23.8 Å². The van der Waals surface area contributed by atoms with Crippen LogP contribution in [0.15, 0.2) is 60.7 Å². The van der Waals surface area contributed by atoms with Crippen LogP contribution in [0, 0.1) is 0 Å². The van der Waals surface area contributed by atoms with Gasteiger partial charge in [0.2, 0.25) is 5.60 Å². The van der Waals surface area contributed by atoms with Crippen LogP contribution in [0.4, 0.5) is 0 Å². The minimum absolute atomic E-state index is 0.196. The molecule has 8 nitrogen and oxygen atoms in total. The third kappa shape index (κ3) is 5.07. The van der Waals surface area contributed by atoms with Crippen molar-refractivity contribution in [2.75, 3.05) is 19.9 Å². The van der Waals surface area contributed by atoms with Crippen LogP contribution >= 0.6 is 0 Å². The SMILES string of the molecule is O=C(O)CCC(=O)OCOC(C(=O)OC1CC2CCC(C1)[N+]21CCCC1)(c1ccccc1)c1ccccc1. The molecule has 2 aromatic rings. The topological polar surface area (TPSA) is 99.1 Å². The zero-order valence-corrected chi connectivity index (χ0v) is 21.6. The Labute approximate surface area is 223 Å². The van der Waals surface area contributed by atoms with Gasteiger partial charge in [0.05, 0.1) is 38.0 Å². The number of carbonyl (C=O) groups is 3. The lowest BCUT2D eigenvalue weighted by Crippen LogP contribution is -2.60. The van der Waals surface area contributed by atoms with E-state index in [-0.39, 0.29) is 18.9 Å². The van der Waals surface area contributed by atoms with Gasteiger partial charge >= 0.3 is 17.9 Å². The second kappa shape index (κ2) is 11.3. The molecule has 2 aromatic carbocycles. The van der Waals surface area contributed by atoms with E-state index in [2.05, 4.69) is 0 Å². The largest absolute Gasteiger partial charge is 0.481 e. The Morgan fingerprint density at radius 3 is 1.92 bits per heavy atom. The third-order valence-electron chi connectivity index (χ3n) is 8.72. The summed E-state index contributed by atoms with van der Waals surface area (Å²) in [5.74, 6) is -2.33. The maximum absolute atomic E-state index is 14.2. The first-order valence-corrected chi connectivity index (χ1v) is 13.6. The van der Waals surface area contributed by atoms with Crippen molar-refractivity contribution in [3.8, 4) is 0 Å². The van der Waals surface area contributed by atoms with Crippen molar-refractivity contribution < 1.29 is 38.2 Å². The maximum Gasteiger partial charge on any atom is 0.348 e. The highest BCUT2D eigenvalue weighted by Crippen LogP contribution is 2.47. The molecule has 2 unspecified atom stereocenters. The molecular formula is C30H36NO7+. The Bertz CT molecular complexity index is 1070. The molecule has 3 saturated heterocycles. The van der Waals surface area contributed by atoms with Gasteiger partial charge in [-0.05, 0) is 11.1 Å². The van der Waals surface area contributed by atoms with E-state index in [9.17, 15) is 14.4 Å². The van der Waals surface area contributed by atoms with E-state index in [1.165, 1.54) is 43.3 Å². The highest BCUT2D eigenvalue weighted by molar-refractivity contribution is 5.86. The van der Waals surface area contributed by atoms with Crippen LogP contribution in [0.5, 0.6) is 0 Å². The summed E-state index contributed by atoms with van der Waals surface area (Å²) in [5.41, 5.74) is -0.509. The summed E-state index contributed by atoms with van der Waals surface area (Å²) in [6.07, 6.45) is 5.82. The fourth-order valence-electron chi connectivity index (χ4n) is 6.98. The summed E-state index contributed by atoms with van der Waals surface area (Å²) in [7, 11) is 0. The van der Waals surface area contributed by atoms with Crippen molar-refractivity contribution >= 4 is 17.9 Å². The summed E-state index contributed by atoms with van der Waals surface area (Å²) >= 11 is 0. The number of quaternary nitrogens is 1. The normalized spacial score (nSPS) is 23.7. The number of carbonyl (C=O) groups excluding carboxylic acids is 2. The molecule has 0 aliphatic carbocycles. The molecule has 1 spiro atoms. The Balaban J connectivity index is 1.40. The van der Waals surface area contributed by atoms with E-state index in [4.69, 9.17) is 19.3 Å². The number of esters is 2.